The van der Waals surface area contributed by atoms with Gasteiger partial charge in [-0.05, 0) is 25.7 Å². The number of hydrogen-bond acceptors (Lipinski definition) is 3. The molecule has 102 valence electrons. The molecule has 2 rings (SSSR count). The van der Waals surface area contributed by atoms with E-state index in [1.54, 1.807) is 6.92 Å². The van der Waals surface area contributed by atoms with Gasteiger partial charge in [0.15, 0.2) is 0 Å². The average molecular weight is 256 g/mol. The molecule has 2 amide bonds. The first-order chi connectivity index (χ1) is 8.37. The highest BCUT2D eigenvalue weighted by molar-refractivity contribution is 5.82. The fraction of sp³-hybridized carbons (Fsp3) is 0.833. The number of carboxylic acid groups (broad SMARTS) is 1. The first-order valence-corrected chi connectivity index (χ1v) is 6.38. The van der Waals surface area contributed by atoms with Gasteiger partial charge in [-0.15, -0.1) is 0 Å². The minimum absolute atomic E-state index is 0.259. The molecule has 6 heteroatoms. The van der Waals surface area contributed by atoms with Crippen molar-refractivity contribution in [1.29, 1.82) is 0 Å². The summed E-state index contributed by atoms with van der Waals surface area (Å²) in [6.45, 7) is 2.41. The SMILES string of the molecule is CC1(O)CCN(C(=O)NC(CC2CC2)C(=O)O)C1. The van der Waals surface area contributed by atoms with E-state index in [4.69, 9.17) is 5.11 Å². The van der Waals surface area contributed by atoms with Crippen molar-refractivity contribution in [2.75, 3.05) is 13.1 Å². The Balaban J connectivity index is 1.86. The van der Waals surface area contributed by atoms with Gasteiger partial charge in [0.2, 0.25) is 0 Å². The van der Waals surface area contributed by atoms with Gasteiger partial charge in [0.1, 0.15) is 6.04 Å². The Morgan fingerprint density at radius 3 is 2.61 bits per heavy atom. The van der Waals surface area contributed by atoms with Crippen LogP contribution in [0.25, 0.3) is 0 Å². The number of hydrogen-bond donors (Lipinski definition) is 3. The van der Waals surface area contributed by atoms with E-state index in [1.165, 1.54) is 4.90 Å². The lowest BCUT2D eigenvalue weighted by Gasteiger charge is -2.22. The molecule has 0 radical (unpaired) electrons. The molecular weight excluding hydrogens is 236 g/mol. The molecule has 1 heterocycles. The molecule has 2 atom stereocenters. The number of likely N-dealkylation sites (tertiary alicyclic amines) is 1. The van der Waals surface area contributed by atoms with Crippen LogP contribution in [0, 0.1) is 5.92 Å². The number of urea groups is 1. The van der Waals surface area contributed by atoms with Crippen LogP contribution in [-0.2, 0) is 4.79 Å². The maximum absolute atomic E-state index is 11.9. The van der Waals surface area contributed by atoms with Crippen LogP contribution in [0.2, 0.25) is 0 Å². The second-order valence-electron chi connectivity index (χ2n) is 5.69. The monoisotopic (exact) mass is 256 g/mol. The lowest BCUT2D eigenvalue weighted by Crippen LogP contribution is -2.48. The number of β-amino-alcohol motifs (C(OH)–C–C–N with tert-alkyl or cyclic N) is 1. The van der Waals surface area contributed by atoms with E-state index in [0.29, 0.717) is 25.3 Å². The molecule has 3 N–H and O–H groups in total. The molecule has 2 unspecified atom stereocenters. The van der Waals surface area contributed by atoms with Gasteiger partial charge in [0.25, 0.3) is 0 Å². The molecule has 1 saturated carbocycles. The quantitative estimate of drug-likeness (QED) is 0.679. The minimum Gasteiger partial charge on any atom is -0.480 e. The van der Waals surface area contributed by atoms with E-state index in [-0.39, 0.29) is 12.6 Å². The normalized spacial score (nSPS) is 29.1. The second-order valence-corrected chi connectivity index (χ2v) is 5.69. The Kier molecular flexibility index (Phi) is 3.47. The van der Waals surface area contributed by atoms with Crippen LogP contribution in [0.5, 0.6) is 0 Å². The molecule has 0 aromatic carbocycles. The maximum Gasteiger partial charge on any atom is 0.326 e. The number of amides is 2. The first kappa shape index (κ1) is 13.1. The molecule has 0 spiro atoms. The van der Waals surface area contributed by atoms with Gasteiger partial charge in [0.05, 0.1) is 12.1 Å². The van der Waals surface area contributed by atoms with Crippen LogP contribution in [0.4, 0.5) is 4.79 Å². The van der Waals surface area contributed by atoms with Crippen molar-refractivity contribution in [2.24, 2.45) is 5.92 Å². The van der Waals surface area contributed by atoms with Crippen molar-refractivity contribution in [2.45, 2.75) is 44.2 Å². The van der Waals surface area contributed by atoms with Crippen molar-refractivity contribution in [3.05, 3.63) is 0 Å². The molecule has 6 nitrogen and oxygen atoms in total. The Labute approximate surface area is 106 Å². The van der Waals surface area contributed by atoms with E-state index in [2.05, 4.69) is 5.32 Å². The van der Waals surface area contributed by atoms with Crippen molar-refractivity contribution < 1.29 is 19.8 Å². The predicted octanol–water partition coefficient (Wildman–Crippen LogP) is 0.406. The van der Waals surface area contributed by atoms with Crippen molar-refractivity contribution in [3.63, 3.8) is 0 Å². The third-order valence-electron chi connectivity index (χ3n) is 3.60. The summed E-state index contributed by atoms with van der Waals surface area (Å²) in [5.41, 5.74) is -0.855. The van der Waals surface area contributed by atoms with E-state index >= 15 is 0 Å². The van der Waals surface area contributed by atoms with Gasteiger partial charge in [-0.3, -0.25) is 0 Å². The summed E-state index contributed by atoms with van der Waals surface area (Å²) in [4.78, 5) is 24.4. The molecule has 0 bridgehead atoms. The average Bonchev–Trinajstić information content (AvgIpc) is 3.00. The highest BCUT2D eigenvalue weighted by atomic mass is 16.4. The summed E-state index contributed by atoms with van der Waals surface area (Å²) in [5, 5.41) is 21.4. The molecule has 1 aliphatic heterocycles. The number of rotatable bonds is 4. The number of aliphatic hydroxyl groups is 1. The summed E-state index contributed by atoms with van der Waals surface area (Å²) in [6, 6.07) is -1.20. The van der Waals surface area contributed by atoms with Gasteiger partial charge in [-0.1, -0.05) is 12.8 Å². The van der Waals surface area contributed by atoms with Crippen LogP contribution in [0.15, 0.2) is 0 Å². The summed E-state index contributed by atoms with van der Waals surface area (Å²) in [5.74, 6) is -0.547. The summed E-state index contributed by atoms with van der Waals surface area (Å²) in [6.07, 6.45) is 3.14. The van der Waals surface area contributed by atoms with Crippen LogP contribution in [0.1, 0.15) is 32.6 Å². The molecule has 1 aliphatic carbocycles. The van der Waals surface area contributed by atoms with Crippen molar-refractivity contribution in [3.8, 4) is 0 Å². The number of nitrogens with one attached hydrogen (secondary N) is 1. The Bertz CT molecular complexity index is 352. The van der Waals surface area contributed by atoms with Gasteiger partial charge in [0, 0.05) is 6.54 Å². The number of carbonyl (C=O) groups is 2. The largest absolute Gasteiger partial charge is 0.480 e. The minimum atomic E-state index is -0.985. The van der Waals surface area contributed by atoms with Crippen molar-refractivity contribution in [1.82, 2.24) is 10.2 Å². The van der Waals surface area contributed by atoms with E-state index in [1.807, 2.05) is 0 Å². The number of nitrogens with zero attached hydrogens (tertiary/aromatic N) is 1. The van der Waals surface area contributed by atoms with Crippen molar-refractivity contribution >= 4 is 12.0 Å². The van der Waals surface area contributed by atoms with Gasteiger partial charge < -0.3 is 20.4 Å². The number of carboxylic acids is 1. The molecule has 2 fully saturated rings. The first-order valence-electron chi connectivity index (χ1n) is 6.38. The Morgan fingerprint density at radius 2 is 2.17 bits per heavy atom. The number of aliphatic carboxylic acids is 1. The number of carbonyl (C=O) groups excluding carboxylic acids is 1. The molecule has 18 heavy (non-hydrogen) atoms. The zero-order chi connectivity index (χ0) is 13.3. The zero-order valence-corrected chi connectivity index (χ0v) is 10.6. The van der Waals surface area contributed by atoms with E-state index < -0.39 is 17.6 Å². The lowest BCUT2D eigenvalue weighted by molar-refractivity contribution is -0.139. The van der Waals surface area contributed by atoms with Crippen LogP contribution in [-0.4, -0.2) is 51.8 Å². The summed E-state index contributed by atoms with van der Waals surface area (Å²) >= 11 is 0. The molecule has 2 aliphatic rings. The second kappa shape index (κ2) is 4.76. The lowest BCUT2D eigenvalue weighted by atomic mass is 10.1. The zero-order valence-electron chi connectivity index (χ0n) is 10.6. The van der Waals surface area contributed by atoms with E-state index in [0.717, 1.165) is 12.8 Å². The van der Waals surface area contributed by atoms with Gasteiger partial charge >= 0.3 is 12.0 Å². The topological polar surface area (TPSA) is 89.9 Å². The maximum atomic E-state index is 11.9. The molecule has 0 aromatic heterocycles. The predicted molar refractivity (Wildman–Crippen MR) is 64.1 cm³/mol. The van der Waals surface area contributed by atoms with Crippen LogP contribution < -0.4 is 5.32 Å². The van der Waals surface area contributed by atoms with Gasteiger partial charge in [-0.25, -0.2) is 9.59 Å². The standard InChI is InChI=1S/C12H20N2O4/c1-12(18)4-5-14(7-12)11(17)13-9(10(15)16)6-8-2-3-8/h8-9,18H,2-7H2,1H3,(H,13,17)(H,15,16). The fourth-order valence-electron chi connectivity index (χ4n) is 2.27. The Morgan fingerprint density at radius 1 is 1.50 bits per heavy atom. The third kappa shape index (κ3) is 3.35. The summed E-state index contributed by atoms with van der Waals surface area (Å²) in [7, 11) is 0. The molecule has 0 aromatic rings. The van der Waals surface area contributed by atoms with Crippen LogP contribution >= 0.6 is 0 Å². The summed E-state index contributed by atoms with van der Waals surface area (Å²) < 4.78 is 0. The smallest absolute Gasteiger partial charge is 0.326 e. The highest BCUT2D eigenvalue weighted by Gasteiger charge is 2.36. The highest BCUT2D eigenvalue weighted by Crippen LogP contribution is 2.33. The van der Waals surface area contributed by atoms with E-state index in [9.17, 15) is 14.7 Å². The molecular formula is C12H20N2O4. The van der Waals surface area contributed by atoms with Gasteiger partial charge in [-0.2, -0.15) is 0 Å². The third-order valence-corrected chi connectivity index (χ3v) is 3.60. The molecule has 1 saturated heterocycles. The fourth-order valence-corrected chi connectivity index (χ4v) is 2.27. The Hall–Kier alpha value is -1.30. The van der Waals surface area contributed by atoms with Crippen LogP contribution in [0.3, 0.4) is 0 Å².